The number of nitrogens with one attached hydrogen (secondary N) is 4. The number of urea groups is 1. The smallest absolute Gasteiger partial charge is 0.326 e. The number of fused-ring (bicyclic) bond motifs is 1. The summed E-state index contributed by atoms with van der Waals surface area (Å²) in [6, 6.07) is 3.57. The van der Waals surface area contributed by atoms with Gasteiger partial charge in [-0.05, 0) is 52.0 Å². The van der Waals surface area contributed by atoms with Crippen LogP contribution in [0.1, 0.15) is 34.5 Å². The Morgan fingerprint density at radius 1 is 1.29 bits per heavy atom. The Kier molecular flexibility index (Phi) is 6.22. The van der Waals surface area contributed by atoms with Crippen LogP contribution < -0.4 is 21.3 Å². The molecule has 11 nitrogen and oxygen atoms in total. The monoisotopic (exact) mass is 494 g/mol. The molecule has 2 fully saturated rings. The Bertz CT molecular complexity index is 1340. The minimum atomic E-state index is -0.562. The number of carbonyl (C=O) groups excluding carboxylic acids is 3. The number of carbonyl (C=O) groups is 3. The average molecular weight is 495 g/mol. The lowest BCUT2D eigenvalue weighted by molar-refractivity contribution is -0.115. The summed E-state index contributed by atoms with van der Waals surface area (Å²) in [6.45, 7) is 1.52. The quantitative estimate of drug-likeness (QED) is 0.203. The summed E-state index contributed by atoms with van der Waals surface area (Å²) in [5.41, 5.74) is 2.77. The van der Waals surface area contributed by atoms with E-state index in [1.54, 1.807) is 16.8 Å². The number of aromatic nitrogens is 3. The van der Waals surface area contributed by atoms with Crippen LogP contribution in [0.2, 0.25) is 0 Å². The van der Waals surface area contributed by atoms with E-state index in [2.05, 4.69) is 31.3 Å². The molecule has 1 aliphatic carbocycles. The highest BCUT2D eigenvalue weighted by Crippen LogP contribution is 2.31. The van der Waals surface area contributed by atoms with Crippen LogP contribution in [0.4, 0.5) is 10.6 Å². The standard InChI is InChI=1S/C23H26N8O3S/c1-30(2)7-3-6-24-22(33)18-9-14(12-35-18)16-10-19(26-15-4-5-15)31-20(27-16)13(11-25-31)8-17-21(32)29-23(34)28-17/h8-12,15,26H,3-7H2,1-2H3,(H,24,33)(H2,28,29,32,34)/b17-8-. The molecule has 0 unspecified atom stereocenters. The first-order chi connectivity index (χ1) is 16.9. The molecule has 0 atom stereocenters. The van der Waals surface area contributed by atoms with Crippen molar-refractivity contribution in [2.24, 2.45) is 0 Å². The maximum absolute atomic E-state index is 12.6. The van der Waals surface area contributed by atoms with E-state index in [4.69, 9.17) is 4.98 Å². The Balaban J connectivity index is 1.44. The van der Waals surface area contributed by atoms with Crippen LogP contribution in [0.5, 0.6) is 0 Å². The van der Waals surface area contributed by atoms with Gasteiger partial charge in [0.1, 0.15) is 11.5 Å². The fourth-order valence-electron chi connectivity index (χ4n) is 3.68. The SMILES string of the molecule is CN(C)CCCNC(=O)c1cc(-c2cc(NC3CC3)n3ncc(/C=C4\NC(=O)NC4=O)c3n2)cs1. The van der Waals surface area contributed by atoms with Crippen molar-refractivity contribution in [1.29, 1.82) is 0 Å². The van der Waals surface area contributed by atoms with E-state index in [1.165, 1.54) is 11.3 Å². The highest BCUT2D eigenvalue weighted by Gasteiger charge is 2.25. The Labute approximate surface area is 205 Å². The van der Waals surface area contributed by atoms with E-state index in [1.807, 2.05) is 31.6 Å². The molecule has 1 aliphatic heterocycles. The number of hydrogen-bond donors (Lipinski definition) is 4. The largest absolute Gasteiger partial charge is 0.367 e. The molecule has 3 aromatic heterocycles. The second-order valence-corrected chi connectivity index (χ2v) is 9.77. The van der Waals surface area contributed by atoms with Gasteiger partial charge >= 0.3 is 6.03 Å². The van der Waals surface area contributed by atoms with Crippen molar-refractivity contribution in [3.8, 4) is 11.3 Å². The lowest BCUT2D eigenvalue weighted by Gasteiger charge is -2.10. The summed E-state index contributed by atoms with van der Waals surface area (Å²) in [5.74, 6) is 0.175. The zero-order valence-corrected chi connectivity index (χ0v) is 20.2. The molecule has 1 saturated heterocycles. The number of thiophene rings is 1. The predicted octanol–water partition coefficient (Wildman–Crippen LogP) is 1.89. The zero-order chi connectivity index (χ0) is 24.5. The summed E-state index contributed by atoms with van der Waals surface area (Å²) >= 11 is 1.37. The number of amides is 4. The van der Waals surface area contributed by atoms with Gasteiger partial charge in [0.2, 0.25) is 0 Å². The number of anilines is 1. The third-order valence-electron chi connectivity index (χ3n) is 5.63. The molecule has 12 heteroatoms. The van der Waals surface area contributed by atoms with Gasteiger partial charge in [-0.1, -0.05) is 0 Å². The van der Waals surface area contributed by atoms with Crippen molar-refractivity contribution < 1.29 is 14.4 Å². The van der Waals surface area contributed by atoms with Crippen molar-refractivity contribution in [2.75, 3.05) is 32.5 Å². The molecule has 5 rings (SSSR count). The molecule has 0 bridgehead atoms. The maximum atomic E-state index is 12.6. The van der Waals surface area contributed by atoms with Crippen LogP contribution in [0.25, 0.3) is 23.0 Å². The lowest BCUT2D eigenvalue weighted by Crippen LogP contribution is -2.26. The van der Waals surface area contributed by atoms with Crippen molar-refractivity contribution in [3.63, 3.8) is 0 Å². The fraction of sp³-hybridized carbons (Fsp3) is 0.348. The molecule has 0 aromatic carbocycles. The lowest BCUT2D eigenvalue weighted by atomic mass is 10.2. The van der Waals surface area contributed by atoms with Gasteiger partial charge in [-0.3, -0.25) is 14.9 Å². The second-order valence-electron chi connectivity index (χ2n) is 8.86. The summed E-state index contributed by atoms with van der Waals surface area (Å²) in [7, 11) is 4.01. The zero-order valence-electron chi connectivity index (χ0n) is 19.4. The number of nitrogens with zero attached hydrogens (tertiary/aromatic N) is 4. The molecule has 4 N–H and O–H groups in total. The van der Waals surface area contributed by atoms with Crippen LogP contribution in [0, 0.1) is 0 Å². The molecule has 182 valence electrons. The van der Waals surface area contributed by atoms with Crippen molar-refractivity contribution in [2.45, 2.75) is 25.3 Å². The summed E-state index contributed by atoms with van der Waals surface area (Å²) in [6.07, 6.45) is 6.21. The topological polar surface area (TPSA) is 133 Å². The van der Waals surface area contributed by atoms with E-state index >= 15 is 0 Å². The van der Waals surface area contributed by atoms with E-state index < -0.39 is 11.9 Å². The molecule has 0 spiro atoms. The molecule has 0 radical (unpaired) electrons. The van der Waals surface area contributed by atoms with Crippen LogP contribution in [0.15, 0.2) is 29.4 Å². The van der Waals surface area contributed by atoms with E-state index in [0.29, 0.717) is 34.4 Å². The summed E-state index contributed by atoms with van der Waals surface area (Å²) in [5, 5.41) is 17.5. The van der Waals surface area contributed by atoms with Gasteiger partial charge in [-0.2, -0.15) is 9.61 Å². The molecule has 2 aliphatic rings. The minimum Gasteiger partial charge on any atom is -0.367 e. The van der Waals surface area contributed by atoms with Crippen LogP contribution in [0.3, 0.4) is 0 Å². The second kappa shape index (κ2) is 9.47. The van der Waals surface area contributed by atoms with Crippen molar-refractivity contribution >= 4 is 46.7 Å². The van der Waals surface area contributed by atoms with Crippen LogP contribution in [-0.4, -0.2) is 70.6 Å². The number of rotatable bonds is 9. The first kappa shape index (κ1) is 23.0. The molecular weight excluding hydrogens is 468 g/mol. The van der Waals surface area contributed by atoms with E-state index in [9.17, 15) is 14.4 Å². The Hall–Kier alpha value is -3.77. The normalized spacial score (nSPS) is 16.7. The predicted molar refractivity (Wildman–Crippen MR) is 133 cm³/mol. The highest BCUT2D eigenvalue weighted by molar-refractivity contribution is 7.12. The minimum absolute atomic E-state index is 0.102. The van der Waals surface area contributed by atoms with Crippen LogP contribution in [-0.2, 0) is 4.79 Å². The summed E-state index contributed by atoms with van der Waals surface area (Å²) in [4.78, 5) is 43.5. The van der Waals surface area contributed by atoms with Gasteiger partial charge in [-0.15, -0.1) is 11.3 Å². The molecule has 4 amide bonds. The third-order valence-corrected chi connectivity index (χ3v) is 6.56. The number of imide groups is 1. The highest BCUT2D eigenvalue weighted by atomic mass is 32.1. The molecular formula is C23H26N8O3S. The van der Waals surface area contributed by atoms with Gasteiger partial charge in [0.15, 0.2) is 5.65 Å². The molecule has 4 heterocycles. The van der Waals surface area contributed by atoms with Gasteiger partial charge < -0.3 is 20.9 Å². The Morgan fingerprint density at radius 2 is 2.11 bits per heavy atom. The third kappa shape index (κ3) is 5.17. The van der Waals surface area contributed by atoms with Gasteiger partial charge in [-0.25, -0.2) is 9.78 Å². The van der Waals surface area contributed by atoms with E-state index in [-0.39, 0.29) is 11.6 Å². The Morgan fingerprint density at radius 3 is 2.83 bits per heavy atom. The molecule has 3 aromatic rings. The van der Waals surface area contributed by atoms with Crippen molar-refractivity contribution in [1.82, 2.24) is 35.4 Å². The fourth-order valence-corrected chi connectivity index (χ4v) is 4.50. The van der Waals surface area contributed by atoms with Gasteiger partial charge in [0, 0.05) is 35.2 Å². The molecule has 35 heavy (non-hydrogen) atoms. The van der Waals surface area contributed by atoms with Crippen molar-refractivity contribution in [3.05, 3.63) is 39.8 Å². The number of hydrogen-bond acceptors (Lipinski definition) is 8. The van der Waals surface area contributed by atoms with Gasteiger partial charge in [0.25, 0.3) is 11.8 Å². The first-order valence-electron chi connectivity index (χ1n) is 11.4. The van der Waals surface area contributed by atoms with E-state index in [0.717, 1.165) is 37.2 Å². The maximum Gasteiger partial charge on any atom is 0.326 e. The first-order valence-corrected chi connectivity index (χ1v) is 12.3. The summed E-state index contributed by atoms with van der Waals surface area (Å²) < 4.78 is 1.69. The van der Waals surface area contributed by atoms with Gasteiger partial charge in [0.05, 0.1) is 16.8 Å². The average Bonchev–Trinajstić information content (AvgIpc) is 3.19. The van der Waals surface area contributed by atoms with Crippen LogP contribution >= 0.6 is 11.3 Å². The molecule has 1 saturated carbocycles.